The second-order valence-corrected chi connectivity index (χ2v) is 7.65. The van der Waals surface area contributed by atoms with Gasteiger partial charge in [-0.15, -0.1) is 0 Å². The molecule has 7 nitrogen and oxygen atoms in total. The van der Waals surface area contributed by atoms with Gasteiger partial charge >= 0.3 is 6.03 Å². The molecule has 1 saturated carbocycles. The first-order valence-electron chi connectivity index (χ1n) is 9.22. The number of rotatable bonds is 7. The van der Waals surface area contributed by atoms with Gasteiger partial charge in [-0.3, -0.25) is 4.79 Å². The molecule has 1 heterocycles. The van der Waals surface area contributed by atoms with Crippen molar-refractivity contribution >= 4 is 44.3 Å². The maximum atomic E-state index is 12.2. The summed E-state index contributed by atoms with van der Waals surface area (Å²) in [6.07, 6.45) is 2.08. The molecule has 0 saturated heterocycles. The molecular weight excluding hydrogens is 374 g/mol. The molecule has 0 aliphatic heterocycles. The van der Waals surface area contributed by atoms with Crippen LogP contribution in [0.5, 0.6) is 0 Å². The highest BCUT2D eigenvalue weighted by molar-refractivity contribution is 7.22. The molecule has 0 radical (unpaired) electrons. The number of anilines is 2. The zero-order chi connectivity index (χ0) is 19.3. The fourth-order valence-electron chi connectivity index (χ4n) is 2.68. The van der Waals surface area contributed by atoms with E-state index in [0.717, 1.165) is 28.2 Å². The van der Waals surface area contributed by atoms with E-state index < -0.39 is 0 Å². The van der Waals surface area contributed by atoms with Gasteiger partial charge in [0.05, 0.1) is 10.2 Å². The van der Waals surface area contributed by atoms with Crippen LogP contribution in [0.25, 0.3) is 10.2 Å². The van der Waals surface area contributed by atoms with Gasteiger partial charge in [0.2, 0.25) is 0 Å². The van der Waals surface area contributed by atoms with Crippen molar-refractivity contribution in [2.45, 2.75) is 18.9 Å². The molecule has 2 aromatic carbocycles. The first-order chi connectivity index (χ1) is 13.7. The first-order valence-corrected chi connectivity index (χ1v) is 10.0. The number of amides is 3. The molecule has 0 unspecified atom stereocenters. The van der Waals surface area contributed by atoms with Crippen molar-refractivity contribution in [1.29, 1.82) is 0 Å². The Morgan fingerprint density at radius 1 is 1.04 bits per heavy atom. The molecule has 1 fully saturated rings. The van der Waals surface area contributed by atoms with Gasteiger partial charge in [-0.05, 0) is 49.2 Å². The predicted octanol–water partition coefficient (Wildman–Crippen LogP) is 3.42. The fraction of sp³-hybridized carbons (Fsp3) is 0.250. The number of benzene rings is 2. The molecule has 28 heavy (non-hydrogen) atoms. The van der Waals surface area contributed by atoms with Gasteiger partial charge in [-0.25, -0.2) is 9.78 Å². The Morgan fingerprint density at radius 2 is 1.82 bits per heavy atom. The highest BCUT2D eigenvalue weighted by atomic mass is 32.1. The summed E-state index contributed by atoms with van der Waals surface area (Å²) in [5.41, 5.74) is 2.18. The van der Waals surface area contributed by atoms with E-state index in [-0.39, 0.29) is 11.9 Å². The lowest BCUT2D eigenvalue weighted by molar-refractivity contribution is 0.0955. The van der Waals surface area contributed by atoms with Crippen molar-refractivity contribution in [2.75, 3.05) is 23.7 Å². The molecule has 3 aromatic rings. The van der Waals surface area contributed by atoms with Crippen LogP contribution in [0.4, 0.5) is 15.6 Å². The third kappa shape index (κ3) is 4.77. The van der Waals surface area contributed by atoms with E-state index >= 15 is 0 Å². The number of nitrogens with zero attached hydrogens (tertiary/aromatic N) is 1. The third-order valence-corrected chi connectivity index (χ3v) is 5.29. The molecule has 0 bridgehead atoms. The molecule has 1 aliphatic rings. The Kier molecular flexibility index (Phi) is 5.38. The second-order valence-electron chi connectivity index (χ2n) is 6.62. The van der Waals surface area contributed by atoms with E-state index in [9.17, 15) is 9.59 Å². The van der Waals surface area contributed by atoms with Crippen LogP contribution < -0.4 is 21.3 Å². The molecular formula is C20H21N5O2S. The number of thiazole rings is 1. The summed E-state index contributed by atoms with van der Waals surface area (Å²) in [5, 5.41) is 12.6. The van der Waals surface area contributed by atoms with Gasteiger partial charge in [0.1, 0.15) is 0 Å². The number of carbonyl (C=O) groups is 2. The monoisotopic (exact) mass is 395 g/mol. The lowest BCUT2D eigenvalue weighted by Crippen LogP contribution is -2.30. The van der Waals surface area contributed by atoms with Gasteiger partial charge in [-0.1, -0.05) is 23.5 Å². The molecule has 4 rings (SSSR count). The minimum absolute atomic E-state index is 0.153. The SMILES string of the molecule is O=C(Nc1ccc(C(=O)NCCNc2nc3ccccc3s2)cc1)NC1CC1. The van der Waals surface area contributed by atoms with Crippen molar-refractivity contribution in [3.63, 3.8) is 0 Å². The van der Waals surface area contributed by atoms with Gasteiger partial charge in [0.25, 0.3) is 5.91 Å². The number of aromatic nitrogens is 1. The third-order valence-electron chi connectivity index (χ3n) is 4.30. The van der Waals surface area contributed by atoms with Crippen LogP contribution >= 0.6 is 11.3 Å². The molecule has 1 aliphatic carbocycles. The average Bonchev–Trinajstić information content (AvgIpc) is 3.41. The minimum atomic E-state index is -0.208. The number of hydrogen-bond donors (Lipinski definition) is 4. The summed E-state index contributed by atoms with van der Waals surface area (Å²) in [6.45, 7) is 1.07. The van der Waals surface area contributed by atoms with Crippen LogP contribution in [-0.2, 0) is 0 Å². The Balaban J connectivity index is 1.21. The Hall–Kier alpha value is -3.13. The van der Waals surface area contributed by atoms with E-state index in [4.69, 9.17) is 0 Å². The van der Waals surface area contributed by atoms with Gasteiger partial charge < -0.3 is 21.3 Å². The Morgan fingerprint density at radius 3 is 2.57 bits per heavy atom. The summed E-state index contributed by atoms with van der Waals surface area (Å²) in [5.74, 6) is -0.153. The van der Waals surface area contributed by atoms with E-state index in [1.54, 1.807) is 35.6 Å². The molecule has 144 valence electrons. The first kappa shape index (κ1) is 18.2. The Bertz CT molecular complexity index is 949. The Labute approximate surface area is 166 Å². The molecule has 3 amide bonds. The number of urea groups is 1. The van der Waals surface area contributed by atoms with Gasteiger partial charge in [0, 0.05) is 30.4 Å². The maximum absolute atomic E-state index is 12.2. The van der Waals surface area contributed by atoms with Gasteiger partial charge in [0.15, 0.2) is 5.13 Å². The molecule has 4 N–H and O–H groups in total. The fourth-order valence-corrected chi connectivity index (χ4v) is 3.57. The van der Waals surface area contributed by atoms with Crippen LogP contribution in [-0.4, -0.2) is 36.1 Å². The van der Waals surface area contributed by atoms with Crippen molar-refractivity contribution < 1.29 is 9.59 Å². The smallest absolute Gasteiger partial charge is 0.319 e. The lowest BCUT2D eigenvalue weighted by Gasteiger charge is -2.08. The van der Waals surface area contributed by atoms with Crippen LogP contribution in [0.15, 0.2) is 48.5 Å². The molecule has 8 heteroatoms. The van der Waals surface area contributed by atoms with E-state index in [0.29, 0.717) is 30.4 Å². The van der Waals surface area contributed by atoms with Gasteiger partial charge in [-0.2, -0.15) is 0 Å². The predicted molar refractivity (Wildman–Crippen MR) is 112 cm³/mol. The second kappa shape index (κ2) is 8.26. The number of hydrogen-bond acceptors (Lipinski definition) is 5. The molecule has 1 aromatic heterocycles. The quantitative estimate of drug-likeness (QED) is 0.461. The maximum Gasteiger partial charge on any atom is 0.319 e. The lowest BCUT2D eigenvalue weighted by atomic mass is 10.2. The van der Waals surface area contributed by atoms with Crippen molar-refractivity contribution in [2.24, 2.45) is 0 Å². The number of nitrogens with one attached hydrogen (secondary N) is 4. The normalized spacial score (nSPS) is 13.1. The summed E-state index contributed by atoms with van der Waals surface area (Å²) in [6, 6.07) is 14.9. The van der Waals surface area contributed by atoms with Crippen LogP contribution in [0.2, 0.25) is 0 Å². The highest BCUT2D eigenvalue weighted by Crippen LogP contribution is 2.25. The zero-order valence-corrected chi connectivity index (χ0v) is 16.0. The van der Waals surface area contributed by atoms with Crippen LogP contribution in [0.3, 0.4) is 0 Å². The number of fused-ring (bicyclic) bond motifs is 1. The number of carbonyl (C=O) groups excluding carboxylic acids is 2. The minimum Gasteiger partial charge on any atom is -0.360 e. The number of para-hydroxylation sites is 1. The highest BCUT2D eigenvalue weighted by Gasteiger charge is 2.23. The summed E-state index contributed by atoms with van der Waals surface area (Å²) in [7, 11) is 0. The molecule has 0 atom stereocenters. The summed E-state index contributed by atoms with van der Waals surface area (Å²) < 4.78 is 1.13. The molecule has 0 spiro atoms. The standard InChI is InChI=1S/C20H21N5O2S/c26-18(13-5-7-14(8-6-13)23-19(27)24-15-9-10-15)21-11-12-22-20-25-16-3-1-2-4-17(16)28-20/h1-8,15H,9-12H2,(H,21,26)(H,22,25)(H2,23,24,27). The van der Waals surface area contributed by atoms with Crippen molar-refractivity contribution in [1.82, 2.24) is 15.6 Å². The largest absolute Gasteiger partial charge is 0.360 e. The van der Waals surface area contributed by atoms with E-state index in [1.807, 2.05) is 24.3 Å². The van der Waals surface area contributed by atoms with Crippen LogP contribution in [0, 0.1) is 0 Å². The summed E-state index contributed by atoms with van der Waals surface area (Å²) >= 11 is 1.59. The van der Waals surface area contributed by atoms with Crippen LogP contribution in [0.1, 0.15) is 23.2 Å². The van der Waals surface area contributed by atoms with Crippen molar-refractivity contribution in [3.05, 3.63) is 54.1 Å². The van der Waals surface area contributed by atoms with E-state index in [1.165, 1.54) is 0 Å². The topological polar surface area (TPSA) is 95.2 Å². The van der Waals surface area contributed by atoms with Crippen molar-refractivity contribution in [3.8, 4) is 0 Å². The van der Waals surface area contributed by atoms with E-state index in [2.05, 4.69) is 26.3 Å². The zero-order valence-electron chi connectivity index (χ0n) is 15.2. The summed E-state index contributed by atoms with van der Waals surface area (Å²) in [4.78, 5) is 28.4. The average molecular weight is 395 g/mol.